The lowest BCUT2D eigenvalue weighted by Gasteiger charge is -2.35. The lowest BCUT2D eigenvalue weighted by Crippen LogP contribution is -2.53. The zero-order chi connectivity index (χ0) is 15.4. The second-order valence-corrected chi connectivity index (χ2v) is 6.17. The van der Waals surface area contributed by atoms with Gasteiger partial charge in [0, 0.05) is 19.1 Å². The van der Waals surface area contributed by atoms with Gasteiger partial charge >= 0.3 is 0 Å². The van der Waals surface area contributed by atoms with Crippen molar-refractivity contribution >= 4 is 24.2 Å². The van der Waals surface area contributed by atoms with E-state index in [0.717, 1.165) is 25.8 Å². The fourth-order valence-electron chi connectivity index (χ4n) is 3.11. The number of carbonyl (C=O) groups is 2. The van der Waals surface area contributed by atoms with E-state index in [0.29, 0.717) is 13.0 Å². The van der Waals surface area contributed by atoms with E-state index < -0.39 is 12.1 Å². The number of nitrogens with one attached hydrogen (secondary N) is 1. The van der Waals surface area contributed by atoms with Crippen molar-refractivity contribution in [2.75, 3.05) is 13.1 Å². The fourth-order valence-corrected chi connectivity index (χ4v) is 3.11. The Kier molecular flexibility index (Phi) is 7.59. The maximum absolute atomic E-state index is 12.4. The highest BCUT2D eigenvalue weighted by Gasteiger charge is 2.33. The first-order valence-electron chi connectivity index (χ1n) is 7.99. The third-order valence-electron chi connectivity index (χ3n) is 4.48. The Morgan fingerprint density at radius 3 is 2.64 bits per heavy atom. The molecule has 3 N–H and O–H groups in total. The van der Waals surface area contributed by atoms with Gasteiger partial charge < -0.3 is 20.7 Å². The van der Waals surface area contributed by atoms with Crippen LogP contribution < -0.4 is 11.1 Å². The number of piperidine rings is 1. The molecule has 128 valence electrons. The molecule has 0 aromatic heterocycles. The van der Waals surface area contributed by atoms with Crippen LogP contribution in [0, 0.1) is 0 Å². The van der Waals surface area contributed by atoms with E-state index in [1.807, 2.05) is 4.90 Å². The van der Waals surface area contributed by atoms with Crippen LogP contribution >= 0.6 is 12.4 Å². The number of likely N-dealkylation sites (tertiary alicyclic amines) is 1. The third-order valence-corrected chi connectivity index (χ3v) is 4.48. The summed E-state index contributed by atoms with van der Waals surface area (Å²) in [5, 5.41) is 2.79. The van der Waals surface area contributed by atoms with Crippen LogP contribution in [0.25, 0.3) is 0 Å². The smallest absolute Gasteiger partial charge is 0.249 e. The van der Waals surface area contributed by atoms with Gasteiger partial charge in [-0.25, -0.2) is 0 Å². The van der Waals surface area contributed by atoms with Gasteiger partial charge in [0.1, 0.15) is 12.1 Å². The maximum atomic E-state index is 12.4. The average Bonchev–Trinajstić information content (AvgIpc) is 2.96. The number of hydrogen-bond donors (Lipinski definition) is 2. The molecule has 7 heteroatoms. The molecule has 2 unspecified atom stereocenters. The van der Waals surface area contributed by atoms with Gasteiger partial charge in [-0.05, 0) is 46.0 Å². The fraction of sp³-hybridized carbons (Fsp3) is 0.867. The second-order valence-electron chi connectivity index (χ2n) is 6.17. The topological polar surface area (TPSA) is 84.7 Å². The summed E-state index contributed by atoms with van der Waals surface area (Å²) in [4.78, 5) is 26.4. The zero-order valence-corrected chi connectivity index (χ0v) is 14.2. The largest absolute Gasteiger partial charge is 0.364 e. The molecule has 0 bridgehead atoms. The first-order valence-corrected chi connectivity index (χ1v) is 7.99. The quantitative estimate of drug-likeness (QED) is 0.797. The van der Waals surface area contributed by atoms with Crippen molar-refractivity contribution in [2.24, 2.45) is 5.73 Å². The van der Waals surface area contributed by atoms with Gasteiger partial charge in [0.2, 0.25) is 11.8 Å². The predicted molar refractivity (Wildman–Crippen MR) is 86.8 cm³/mol. The molecule has 22 heavy (non-hydrogen) atoms. The first kappa shape index (κ1) is 19.2. The van der Waals surface area contributed by atoms with Gasteiger partial charge in [0.05, 0.1) is 6.10 Å². The van der Waals surface area contributed by atoms with Crippen LogP contribution in [0.15, 0.2) is 0 Å². The van der Waals surface area contributed by atoms with Crippen molar-refractivity contribution in [3.8, 4) is 0 Å². The monoisotopic (exact) mass is 333 g/mol. The van der Waals surface area contributed by atoms with Crippen molar-refractivity contribution in [3.63, 3.8) is 0 Å². The third kappa shape index (κ3) is 4.57. The normalized spacial score (nSPS) is 29.6. The van der Waals surface area contributed by atoms with Crippen molar-refractivity contribution in [1.82, 2.24) is 10.2 Å². The molecule has 2 saturated heterocycles. The van der Waals surface area contributed by atoms with Crippen LogP contribution in [0.3, 0.4) is 0 Å². The Balaban J connectivity index is 0.00000242. The summed E-state index contributed by atoms with van der Waals surface area (Å²) < 4.78 is 5.56. The lowest BCUT2D eigenvalue weighted by molar-refractivity contribution is -0.141. The summed E-state index contributed by atoms with van der Waals surface area (Å²) in [7, 11) is 0. The minimum atomic E-state index is -0.501. The summed E-state index contributed by atoms with van der Waals surface area (Å²) in [6.45, 7) is 5.04. The molecule has 0 aromatic rings. The van der Waals surface area contributed by atoms with Gasteiger partial charge in [0.15, 0.2) is 0 Å². The Labute approximate surface area is 138 Å². The van der Waals surface area contributed by atoms with Gasteiger partial charge in [-0.1, -0.05) is 0 Å². The molecule has 0 aromatic carbocycles. The highest BCUT2D eigenvalue weighted by atomic mass is 35.5. The Morgan fingerprint density at radius 2 is 2.05 bits per heavy atom. The number of ether oxygens (including phenoxy) is 1. The van der Waals surface area contributed by atoms with Crippen molar-refractivity contribution < 1.29 is 14.3 Å². The van der Waals surface area contributed by atoms with E-state index in [1.165, 1.54) is 6.42 Å². The molecule has 2 fully saturated rings. The van der Waals surface area contributed by atoms with E-state index in [2.05, 4.69) is 12.2 Å². The van der Waals surface area contributed by atoms with Crippen LogP contribution in [0.2, 0.25) is 0 Å². The number of amides is 2. The molecule has 2 heterocycles. The number of nitrogens with two attached hydrogens (primary N) is 1. The molecule has 2 amide bonds. The number of halogens is 1. The standard InChI is InChI=1S/C15H27N3O3.ClH/c1-10-5-3-4-8-18(10)15(20)11(2)17-14(19)13-7-6-12(9-16)21-13;/h10-13H,3-9,16H2,1-2H3,(H,17,19);1H/t10?,11?,12-,13+;/m1./s1. The highest BCUT2D eigenvalue weighted by molar-refractivity contribution is 5.89. The van der Waals surface area contributed by atoms with Crippen LogP contribution in [0.1, 0.15) is 46.0 Å². The molecule has 4 atom stereocenters. The number of carbonyl (C=O) groups excluding carboxylic acids is 2. The predicted octanol–water partition coefficient (Wildman–Crippen LogP) is 0.820. The first-order chi connectivity index (χ1) is 10.0. The van der Waals surface area contributed by atoms with Crippen molar-refractivity contribution in [2.45, 2.75) is 70.2 Å². The molecule has 0 radical (unpaired) electrons. The average molecular weight is 334 g/mol. The summed E-state index contributed by atoms with van der Waals surface area (Å²) in [6, 6.07) is -0.242. The van der Waals surface area contributed by atoms with Crippen LogP contribution in [0.4, 0.5) is 0 Å². The van der Waals surface area contributed by atoms with Crippen LogP contribution in [0.5, 0.6) is 0 Å². The summed E-state index contributed by atoms with van der Waals surface area (Å²) >= 11 is 0. The van der Waals surface area contributed by atoms with Crippen molar-refractivity contribution in [1.29, 1.82) is 0 Å². The minimum absolute atomic E-state index is 0. The van der Waals surface area contributed by atoms with E-state index in [4.69, 9.17) is 10.5 Å². The second kappa shape index (κ2) is 8.70. The molecule has 2 aliphatic heterocycles. The lowest BCUT2D eigenvalue weighted by atomic mass is 10.0. The van der Waals surface area contributed by atoms with Crippen LogP contribution in [-0.2, 0) is 14.3 Å². The number of nitrogens with zero attached hydrogens (tertiary/aromatic N) is 1. The van der Waals surface area contributed by atoms with Gasteiger partial charge in [-0.3, -0.25) is 9.59 Å². The summed E-state index contributed by atoms with van der Waals surface area (Å²) in [5.74, 6) is -0.194. The van der Waals surface area contributed by atoms with E-state index in [9.17, 15) is 9.59 Å². The molecule has 0 saturated carbocycles. The van der Waals surface area contributed by atoms with E-state index in [1.54, 1.807) is 6.92 Å². The van der Waals surface area contributed by atoms with Gasteiger partial charge in [-0.15, -0.1) is 12.4 Å². The minimum Gasteiger partial charge on any atom is -0.364 e. The molecule has 2 aliphatic rings. The Morgan fingerprint density at radius 1 is 1.32 bits per heavy atom. The highest BCUT2D eigenvalue weighted by Crippen LogP contribution is 2.20. The Bertz CT molecular complexity index is 394. The molecular weight excluding hydrogens is 306 g/mol. The van der Waals surface area contributed by atoms with Gasteiger partial charge in [0.25, 0.3) is 0 Å². The SMILES string of the molecule is CC(NC(=O)[C@@H]1CC[C@H](CN)O1)C(=O)N1CCCCC1C.Cl. The molecule has 0 spiro atoms. The number of rotatable bonds is 4. The van der Waals surface area contributed by atoms with E-state index >= 15 is 0 Å². The molecule has 0 aliphatic carbocycles. The summed E-state index contributed by atoms with van der Waals surface area (Å²) in [5.41, 5.74) is 5.54. The summed E-state index contributed by atoms with van der Waals surface area (Å²) in [6.07, 6.45) is 4.23. The maximum Gasteiger partial charge on any atom is 0.249 e. The van der Waals surface area contributed by atoms with E-state index in [-0.39, 0.29) is 36.4 Å². The molecule has 2 rings (SSSR count). The zero-order valence-electron chi connectivity index (χ0n) is 13.4. The van der Waals surface area contributed by atoms with Gasteiger partial charge in [-0.2, -0.15) is 0 Å². The number of hydrogen-bond acceptors (Lipinski definition) is 4. The van der Waals surface area contributed by atoms with Crippen LogP contribution in [-0.4, -0.2) is 54.1 Å². The van der Waals surface area contributed by atoms with Crippen molar-refractivity contribution in [3.05, 3.63) is 0 Å². The Hall–Kier alpha value is -0.850. The molecule has 6 nitrogen and oxygen atoms in total. The molecular formula is C15H28ClN3O3.